The van der Waals surface area contributed by atoms with Crippen LogP contribution < -0.4 is 10.7 Å². The molecular weight excluding hydrogens is 354 g/mol. The second-order valence-electron chi connectivity index (χ2n) is 5.33. The summed E-state index contributed by atoms with van der Waals surface area (Å²) in [5.41, 5.74) is 3.87. The highest BCUT2D eigenvalue weighted by molar-refractivity contribution is 6.30. The van der Waals surface area contributed by atoms with E-state index >= 15 is 0 Å². The van der Waals surface area contributed by atoms with Crippen molar-refractivity contribution >= 4 is 29.6 Å². The Bertz CT molecular complexity index is 832. The highest BCUT2D eigenvalue weighted by atomic mass is 35.5. The van der Waals surface area contributed by atoms with Crippen LogP contribution in [-0.2, 0) is 11.2 Å². The van der Waals surface area contributed by atoms with Crippen molar-refractivity contribution in [2.24, 2.45) is 5.10 Å². The molecule has 2 aromatic rings. The molecule has 7 heteroatoms. The molecule has 0 aliphatic rings. The van der Waals surface area contributed by atoms with Gasteiger partial charge < -0.3 is 10.4 Å². The number of carbonyl (C=O) groups excluding carboxylic acids is 2. The Balaban J connectivity index is 1.86. The predicted octanol–water partition coefficient (Wildman–Crippen LogP) is 2.65. The van der Waals surface area contributed by atoms with Gasteiger partial charge in [0, 0.05) is 16.1 Å². The molecule has 0 heterocycles. The van der Waals surface area contributed by atoms with Crippen molar-refractivity contribution < 1.29 is 14.7 Å². The number of hydrazone groups is 1. The molecule has 0 aliphatic heterocycles. The molecule has 6 nitrogen and oxygen atoms in total. The Morgan fingerprint density at radius 1 is 1.19 bits per heavy atom. The molecule has 0 fully saturated rings. The zero-order valence-corrected chi connectivity index (χ0v) is 14.7. The molecule has 0 aliphatic carbocycles. The quantitative estimate of drug-likeness (QED) is 0.397. The second-order valence-corrected chi connectivity index (χ2v) is 5.77. The van der Waals surface area contributed by atoms with Gasteiger partial charge in [0.25, 0.3) is 11.8 Å². The SMILES string of the molecule is C=CCc1cccc(C=NNC(=O)CNC(=O)c2ccc(Cl)cc2)c1O. The van der Waals surface area contributed by atoms with Crippen LogP contribution in [0.4, 0.5) is 0 Å². The summed E-state index contributed by atoms with van der Waals surface area (Å²) < 4.78 is 0. The number of hydrogen-bond acceptors (Lipinski definition) is 4. The average molecular weight is 372 g/mol. The van der Waals surface area contributed by atoms with Crippen molar-refractivity contribution in [3.8, 4) is 5.75 Å². The van der Waals surface area contributed by atoms with Crippen LogP contribution in [0.3, 0.4) is 0 Å². The van der Waals surface area contributed by atoms with Crippen molar-refractivity contribution in [3.05, 3.63) is 76.8 Å². The monoisotopic (exact) mass is 371 g/mol. The minimum absolute atomic E-state index is 0.0847. The van der Waals surface area contributed by atoms with Crippen LogP contribution in [-0.4, -0.2) is 29.7 Å². The lowest BCUT2D eigenvalue weighted by atomic mass is 10.1. The normalized spacial score (nSPS) is 10.5. The molecule has 0 saturated heterocycles. The van der Waals surface area contributed by atoms with Crippen LogP contribution in [0, 0.1) is 0 Å². The Morgan fingerprint density at radius 2 is 1.92 bits per heavy atom. The summed E-state index contributed by atoms with van der Waals surface area (Å²) in [6, 6.07) is 11.5. The molecule has 2 aromatic carbocycles. The molecule has 0 radical (unpaired) electrons. The summed E-state index contributed by atoms with van der Waals surface area (Å²) in [5, 5.41) is 16.9. The number of hydrogen-bond donors (Lipinski definition) is 3. The van der Waals surface area contributed by atoms with Gasteiger partial charge in [-0.2, -0.15) is 5.10 Å². The Labute approximate surface area is 156 Å². The molecule has 26 heavy (non-hydrogen) atoms. The van der Waals surface area contributed by atoms with Crippen LogP contribution in [0.25, 0.3) is 0 Å². The maximum absolute atomic E-state index is 11.9. The lowest BCUT2D eigenvalue weighted by Gasteiger charge is -2.05. The number of rotatable bonds is 7. The molecule has 134 valence electrons. The minimum Gasteiger partial charge on any atom is -0.507 e. The van der Waals surface area contributed by atoms with Crippen LogP contribution >= 0.6 is 11.6 Å². The third kappa shape index (κ3) is 5.46. The third-order valence-corrected chi connectivity index (χ3v) is 3.68. The van der Waals surface area contributed by atoms with Crippen LogP contribution in [0.1, 0.15) is 21.5 Å². The van der Waals surface area contributed by atoms with Gasteiger partial charge in [-0.3, -0.25) is 9.59 Å². The number of benzene rings is 2. The molecule has 0 saturated carbocycles. The Kier molecular flexibility index (Phi) is 6.93. The van der Waals surface area contributed by atoms with Crippen LogP contribution in [0.15, 0.2) is 60.2 Å². The lowest BCUT2D eigenvalue weighted by molar-refractivity contribution is -0.120. The van der Waals surface area contributed by atoms with Gasteiger partial charge >= 0.3 is 0 Å². The van der Waals surface area contributed by atoms with E-state index in [4.69, 9.17) is 11.6 Å². The average Bonchev–Trinajstić information content (AvgIpc) is 2.63. The van der Waals surface area contributed by atoms with Gasteiger partial charge in [-0.25, -0.2) is 5.43 Å². The zero-order valence-electron chi connectivity index (χ0n) is 13.9. The van der Waals surface area contributed by atoms with E-state index in [2.05, 4.69) is 22.4 Å². The molecular formula is C19H18ClN3O3. The third-order valence-electron chi connectivity index (χ3n) is 3.42. The van der Waals surface area contributed by atoms with E-state index in [9.17, 15) is 14.7 Å². The number of carbonyl (C=O) groups is 2. The summed E-state index contributed by atoms with van der Waals surface area (Å²) >= 11 is 5.76. The maximum Gasteiger partial charge on any atom is 0.259 e. The summed E-state index contributed by atoms with van der Waals surface area (Å²) in [7, 11) is 0. The van der Waals surface area contributed by atoms with E-state index in [1.54, 1.807) is 48.5 Å². The first-order valence-electron chi connectivity index (χ1n) is 7.78. The number of nitrogens with zero attached hydrogens (tertiary/aromatic N) is 1. The topological polar surface area (TPSA) is 90.8 Å². The number of amides is 2. The molecule has 2 amide bonds. The summed E-state index contributed by atoms with van der Waals surface area (Å²) in [4.78, 5) is 23.6. The van der Waals surface area contributed by atoms with Crippen molar-refractivity contribution in [1.82, 2.24) is 10.7 Å². The fourth-order valence-electron chi connectivity index (χ4n) is 2.11. The molecule has 0 aromatic heterocycles. The first-order chi connectivity index (χ1) is 12.5. The highest BCUT2D eigenvalue weighted by Gasteiger charge is 2.08. The van der Waals surface area contributed by atoms with E-state index < -0.39 is 11.8 Å². The Hall–Kier alpha value is -3.12. The van der Waals surface area contributed by atoms with Gasteiger partial charge in [0.15, 0.2) is 0 Å². The zero-order chi connectivity index (χ0) is 18.9. The number of aromatic hydroxyl groups is 1. The van der Waals surface area contributed by atoms with Crippen molar-refractivity contribution in [2.45, 2.75) is 6.42 Å². The number of phenolic OH excluding ortho intramolecular Hbond substituents is 1. The van der Waals surface area contributed by atoms with Crippen LogP contribution in [0.5, 0.6) is 5.75 Å². The summed E-state index contributed by atoms with van der Waals surface area (Å²) in [6.07, 6.45) is 3.54. The van der Waals surface area contributed by atoms with Crippen molar-refractivity contribution in [2.75, 3.05) is 6.54 Å². The standard InChI is InChI=1S/C19H18ClN3O3/c1-2-4-13-5-3-6-15(18(13)25)11-22-23-17(24)12-21-19(26)14-7-9-16(20)10-8-14/h2-3,5-11,25H,1,4,12H2,(H,21,26)(H,23,24). The van der Waals surface area contributed by atoms with Gasteiger partial charge in [-0.15, -0.1) is 6.58 Å². The van der Waals surface area contributed by atoms with Gasteiger partial charge in [0.2, 0.25) is 0 Å². The number of allylic oxidation sites excluding steroid dienone is 1. The summed E-state index contributed by atoms with van der Waals surface area (Å²) in [5.74, 6) is -0.803. The van der Waals surface area contributed by atoms with Crippen molar-refractivity contribution in [1.29, 1.82) is 0 Å². The molecule has 0 unspecified atom stereocenters. The fraction of sp³-hybridized carbons (Fsp3) is 0.105. The lowest BCUT2D eigenvalue weighted by Crippen LogP contribution is -2.34. The largest absolute Gasteiger partial charge is 0.507 e. The minimum atomic E-state index is -0.495. The Morgan fingerprint density at radius 3 is 2.62 bits per heavy atom. The smallest absolute Gasteiger partial charge is 0.259 e. The van der Waals surface area contributed by atoms with E-state index in [-0.39, 0.29) is 12.3 Å². The molecule has 3 N–H and O–H groups in total. The number of halogens is 1. The van der Waals surface area contributed by atoms with Gasteiger partial charge in [0.05, 0.1) is 12.8 Å². The first-order valence-corrected chi connectivity index (χ1v) is 8.16. The summed E-state index contributed by atoms with van der Waals surface area (Å²) in [6.45, 7) is 3.40. The van der Waals surface area contributed by atoms with Gasteiger partial charge in [0.1, 0.15) is 5.75 Å². The van der Waals surface area contributed by atoms with E-state index in [0.717, 1.165) is 0 Å². The van der Waals surface area contributed by atoms with E-state index in [1.165, 1.54) is 6.21 Å². The molecule has 0 atom stereocenters. The first kappa shape index (κ1) is 19.2. The highest BCUT2D eigenvalue weighted by Crippen LogP contribution is 2.21. The predicted molar refractivity (Wildman–Crippen MR) is 102 cm³/mol. The molecule has 2 rings (SSSR count). The fourth-order valence-corrected chi connectivity index (χ4v) is 2.24. The number of phenols is 1. The molecule has 0 bridgehead atoms. The second kappa shape index (κ2) is 9.39. The van der Waals surface area contributed by atoms with Gasteiger partial charge in [-0.05, 0) is 42.3 Å². The van der Waals surface area contributed by atoms with E-state index in [1.807, 2.05) is 0 Å². The number of nitrogens with one attached hydrogen (secondary N) is 2. The molecule has 0 spiro atoms. The van der Waals surface area contributed by atoms with E-state index in [0.29, 0.717) is 28.1 Å². The number of para-hydroxylation sites is 1. The maximum atomic E-state index is 11.9. The van der Waals surface area contributed by atoms with Crippen molar-refractivity contribution in [3.63, 3.8) is 0 Å². The van der Waals surface area contributed by atoms with Gasteiger partial charge in [-0.1, -0.05) is 29.8 Å². The van der Waals surface area contributed by atoms with Crippen LogP contribution in [0.2, 0.25) is 5.02 Å².